The van der Waals surface area contributed by atoms with Crippen LogP contribution in [0.1, 0.15) is 26.7 Å². The zero-order valence-corrected chi connectivity index (χ0v) is 13.0. The topological polar surface area (TPSA) is 49.4 Å². The van der Waals surface area contributed by atoms with E-state index >= 15 is 0 Å². The molecule has 0 radical (unpaired) electrons. The van der Waals surface area contributed by atoms with Crippen LogP contribution in [0.4, 0.5) is 0 Å². The van der Waals surface area contributed by atoms with Gasteiger partial charge in [-0.25, -0.2) is 12.7 Å². The Kier molecular flexibility index (Phi) is 9.31. The van der Waals surface area contributed by atoms with Crippen molar-refractivity contribution in [3.63, 3.8) is 0 Å². The lowest BCUT2D eigenvalue weighted by atomic mass is 10.3. The van der Waals surface area contributed by atoms with Crippen molar-refractivity contribution in [3.8, 4) is 0 Å². The summed E-state index contributed by atoms with van der Waals surface area (Å²) in [5, 5.41) is 3.28. The summed E-state index contributed by atoms with van der Waals surface area (Å²) >= 11 is 1.67. The summed E-state index contributed by atoms with van der Waals surface area (Å²) < 4.78 is 25.1. The maximum absolute atomic E-state index is 11.8. The molecule has 0 aliphatic rings. The molecule has 0 aliphatic carbocycles. The Morgan fingerprint density at radius 3 is 2.47 bits per heavy atom. The normalized spacial score (nSPS) is 12.6. The van der Waals surface area contributed by atoms with E-state index in [2.05, 4.69) is 19.2 Å². The van der Waals surface area contributed by atoms with E-state index in [0.717, 1.165) is 25.1 Å². The first kappa shape index (κ1) is 17.2. The minimum atomic E-state index is -3.04. The van der Waals surface area contributed by atoms with E-state index in [0.29, 0.717) is 12.6 Å². The number of sulfonamides is 1. The molecular weight excluding hydrogens is 256 g/mol. The van der Waals surface area contributed by atoms with E-state index in [-0.39, 0.29) is 5.75 Å². The fourth-order valence-corrected chi connectivity index (χ4v) is 3.14. The number of nitrogens with one attached hydrogen (secondary N) is 1. The molecule has 0 heterocycles. The lowest BCUT2D eigenvalue weighted by Gasteiger charge is -2.16. The summed E-state index contributed by atoms with van der Waals surface area (Å²) in [5.41, 5.74) is 0. The predicted molar refractivity (Wildman–Crippen MR) is 77.2 cm³/mol. The summed E-state index contributed by atoms with van der Waals surface area (Å²) in [6.45, 7) is 5.68. The molecule has 0 spiro atoms. The van der Waals surface area contributed by atoms with Gasteiger partial charge in [0.25, 0.3) is 0 Å². The molecule has 0 fully saturated rings. The molecule has 0 rings (SSSR count). The van der Waals surface area contributed by atoms with Gasteiger partial charge in [0, 0.05) is 25.4 Å². The van der Waals surface area contributed by atoms with Crippen LogP contribution in [-0.2, 0) is 10.0 Å². The molecule has 0 aromatic carbocycles. The van der Waals surface area contributed by atoms with Crippen LogP contribution in [-0.4, -0.2) is 56.7 Å². The molecule has 104 valence electrons. The van der Waals surface area contributed by atoms with Crippen LogP contribution in [0.3, 0.4) is 0 Å². The van der Waals surface area contributed by atoms with Crippen molar-refractivity contribution in [2.75, 3.05) is 37.9 Å². The van der Waals surface area contributed by atoms with E-state index in [4.69, 9.17) is 0 Å². The van der Waals surface area contributed by atoms with Crippen molar-refractivity contribution in [1.82, 2.24) is 9.62 Å². The van der Waals surface area contributed by atoms with E-state index in [1.807, 2.05) is 6.26 Å². The monoisotopic (exact) mass is 282 g/mol. The molecule has 0 unspecified atom stereocenters. The van der Waals surface area contributed by atoms with Gasteiger partial charge in [-0.05, 0) is 25.6 Å². The summed E-state index contributed by atoms with van der Waals surface area (Å²) in [5.74, 6) is 1.11. The summed E-state index contributed by atoms with van der Waals surface area (Å²) in [7, 11) is -1.38. The van der Waals surface area contributed by atoms with Crippen molar-refractivity contribution in [1.29, 1.82) is 0 Å². The zero-order chi connectivity index (χ0) is 13.3. The second-order valence-electron chi connectivity index (χ2n) is 4.45. The summed E-state index contributed by atoms with van der Waals surface area (Å²) in [6, 6.07) is 0.468. The molecule has 1 N–H and O–H groups in total. The first-order valence-corrected chi connectivity index (χ1v) is 9.06. The molecule has 17 heavy (non-hydrogen) atoms. The quantitative estimate of drug-likeness (QED) is 0.615. The second-order valence-corrected chi connectivity index (χ2v) is 7.63. The van der Waals surface area contributed by atoms with Gasteiger partial charge in [0.1, 0.15) is 0 Å². The molecule has 6 heteroatoms. The maximum atomic E-state index is 11.8. The molecule has 4 nitrogen and oxygen atoms in total. The van der Waals surface area contributed by atoms with Crippen LogP contribution in [0, 0.1) is 0 Å². The minimum Gasteiger partial charge on any atom is -0.315 e. The first-order chi connectivity index (χ1) is 7.90. The van der Waals surface area contributed by atoms with Gasteiger partial charge in [0.15, 0.2) is 0 Å². The standard InChI is InChI=1S/C11H26N2O2S2/c1-11(2)12-7-5-6-10-17(14,15)13(3)8-9-16-4/h11-12H,5-10H2,1-4H3. The van der Waals surface area contributed by atoms with Gasteiger partial charge in [-0.3, -0.25) is 0 Å². The van der Waals surface area contributed by atoms with Crippen molar-refractivity contribution in [3.05, 3.63) is 0 Å². The van der Waals surface area contributed by atoms with Gasteiger partial charge in [0.05, 0.1) is 5.75 Å². The highest BCUT2D eigenvalue weighted by molar-refractivity contribution is 7.98. The van der Waals surface area contributed by atoms with Gasteiger partial charge in [0.2, 0.25) is 10.0 Å². The molecule has 0 atom stereocenters. The highest BCUT2D eigenvalue weighted by Gasteiger charge is 2.16. The minimum absolute atomic E-state index is 0.262. The Labute approximate surface area is 111 Å². The van der Waals surface area contributed by atoms with Gasteiger partial charge in [-0.2, -0.15) is 11.8 Å². The lowest BCUT2D eigenvalue weighted by Crippen LogP contribution is -2.31. The van der Waals surface area contributed by atoms with Gasteiger partial charge >= 0.3 is 0 Å². The second kappa shape index (κ2) is 9.19. The molecule has 0 aromatic rings. The average Bonchev–Trinajstić information content (AvgIpc) is 2.24. The third kappa shape index (κ3) is 8.88. The lowest BCUT2D eigenvalue weighted by molar-refractivity contribution is 0.484. The number of hydrogen-bond donors (Lipinski definition) is 1. The number of nitrogens with zero attached hydrogens (tertiary/aromatic N) is 1. The van der Waals surface area contributed by atoms with Gasteiger partial charge < -0.3 is 5.32 Å². The Bertz CT molecular complexity index is 279. The SMILES string of the molecule is CSCCN(C)S(=O)(=O)CCCCNC(C)C. The number of hydrogen-bond acceptors (Lipinski definition) is 4. The van der Waals surface area contributed by atoms with Gasteiger partial charge in [-0.1, -0.05) is 13.8 Å². The molecule has 0 aromatic heterocycles. The van der Waals surface area contributed by atoms with Gasteiger partial charge in [-0.15, -0.1) is 0 Å². The van der Waals surface area contributed by atoms with E-state index in [9.17, 15) is 8.42 Å². The van der Waals surface area contributed by atoms with Crippen LogP contribution in [0.15, 0.2) is 0 Å². The Morgan fingerprint density at radius 2 is 1.94 bits per heavy atom. The Balaban J connectivity index is 3.77. The van der Waals surface area contributed by atoms with Crippen molar-refractivity contribution in [2.45, 2.75) is 32.7 Å². The fourth-order valence-electron chi connectivity index (χ4n) is 1.31. The summed E-state index contributed by atoms with van der Waals surface area (Å²) in [4.78, 5) is 0. The smallest absolute Gasteiger partial charge is 0.213 e. The van der Waals surface area contributed by atoms with E-state index in [1.165, 1.54) is 4.31 Å². The summed E-state index contributed by atoms with van der Waals surface area (Å²) in [6.07, 6.45) is 3.62. The highest BCUT2D eigenvalue weighted by Crippen LogP contribution is 2.04. The Hall–Kier alpha value is 0.220. The van der Waals surface area contributed by atoms with Crippen LogP contribution in [0.2, 0.25) is 0 Å². The van der Waals surface area contributed by atoms with Crippen molar-refractivity contribution < 1.29 is 8.42 Å². The van der Waals surface area contributed by atoms with Crippen molar-refractivity contribution in [2.24, 2.45) is 0 Å². The Morgan fingerprint density at radius 1 is 1.29 bits per heavy atom. The van der Waals surface area contributed by atoms with Crippen LogP contribution in [0.5, 0.6) is 0 Å². The molecular formula is C11H26N2O2S2. The predicted octanol–water partition coefficient (Wildman–Crippen LogP) is 1.39. The van der Waals surface area contributed by atoms with Crippen LogP contribution in [0.25, 0.3) is 0 Å². The number of rotatable bonds is 10. The third-order valence-electron chi connectivity index (χ3n) is 2.47. The third-order valence-corrected chi connectivity index (χ3v) is 4.99. The average molecular weight is 282 g/mol. The van der Waals surface area contributed by atoms with E-state index < -0.39 is 10.0 Å². The largest absolute Gasteiger partial charge is 0.315 e. The first-order valence-electron chi connectivity index (χ1n) is 6.06. The maximum Gasteiger partial charge on any atom is 0.213 e. The van der Waals surface area contributed by atoms with Crippen molar-refractivity contribution >= 4 is 21.8 Å². The number of unbranched alkanes of at least 4 members (excludes halogenated alkanes) is 1. The van der Waals surface area contributed by atoms with Crippen LogP contribution < -0.4 is 5.32 Å². The molecule has 0 saturated heterocycles. The highest BCUT2D eigenvalue weighted by atomic mass is 32.2. The van der Waals surface area contributed by atoms with Crippen LogP contribution >= 0.6 is 11.8 Å². The molecule has 0 aliphatic heterocycles. The van der Waals surface area contributed by atoms with E-state index in [1.54, 1.807) is 18.8 Å². The fraction of sp³-hybridized carbons (Fsp3) is 1.00. The molecule has 0 saturated carbocycles. The zero-order valence-electron chi connectivity index (χ0n) is 11.4. The number of thioether (sulfide) groups is 1. The molecule has 0 bridgehead atoms. The molecule has 0 amide bonds.